The molecule has 1 rings (SSSR count). The van der Waals surface area contributed by atoms with E-state index in [0.29, 0.717) is 24.1 Å². The first kappa shape index (κ1) is 8.84. The topological polar surface area (TPSA) is 48.1 Å². The number of ether oxygens (including phenoxy) is 1. The Morgan fingerprint density at radius 3 is 2.92 bits per heavy atom. The molecule has 0 radical (unpaired) electrons. The number of aromatic nitrogens is 1. The normalized spacial score (nSPS) is 10.2. The largest absolute Gasteiger partial charge is 0.489 e. The summed E-state index contributed by atoms with van der Waals surface area (Å²) < 4.78 is 5.41. The van der Waals surface area contributed by atoms with Crippen molar-refractivity contribution in [3.63, 3.8) is 0 Å². The van der Waals surface area contributed by atoms with Crippen LogP contribution in [0.3, 0.4) is 0 Å². The first-order chi connectivity index (χ1) is 5.70. The van der Waals surface area contributed by atoms with Gasteiger partial charge in [-0.1, -0.05) is 13.8 Å². The van der Waals surface area contributed by atoms with Crippen LogP contribution in [0, 0.1) is 5.92 Å². The van der Waals surface area contributed by atoms with Crippen LogP contribution in [-0.4, -0.2) is 11.6 Å². The first-order valence-corrected chi connectivity index (χ1v) is 4.03. The van der Waals surface area contributed by atoms with Gasteiger partial charge in [0.2, 0.25) is 0 Å². The number of anilines is 1. The zero-order valence-corrected chi connectivity index (χ0v) is 7.45. The number of rotatable bonds is 3. The standard InChI is InChI=1S/C9H14N2O/c1-7(2)6-12-8-4-3-5-11-9(8)10/h3-5,7H,6H2,1-2H3,(H2,10,11). The van der Waals surface area contributed by atoms with Crippen LogP contribution in [-0.2, 0) is 0 Å². The predicted octanol–water partition coefficient (Wildman–Crippen LogP) is 1.70. The fourth-order valence-electron chi connectivity index (χ4n) is 0.781. The van der Waals surface area contributed by atoms with Gasteiger partial charge in [-0.15, -0.1) is 0 Å². The Morgan fingerprint density at radius 2 is 2.33 bits per heavy atom. The molecule has 0 aliphatic rings. The SMILES string of the molecule is CC(C)COc1cccnc1N. The fraction of sp³-hybridized carbons (Fsp3) is 0.444. The third-order valence-corrected chi connectivity index (χ3v) is 1.37. The second-order valence-corrected chi connectivity index (χ2v) is 3.09. The van der Waals surface area contributed by atoms with Crippen molar-refractivity contribution in [2.24, 2.45) is 5.92 Å². The van der Waals surface area contributed by atoms with Gasteiger partial charge in [-0.2, -0.15) is 0 Å². The molecule has 0 spiro atoms. The van der Waals surface area contributed by atoms with E-state index in [1.54, 1.807) is 6.20 Å². The van der Waals surface area contributed by atoms with Gasteiger partial charge in [0.05, 0.1) is 6.61 Å². The molecular weight excluding hydrogens is 152 g/mol. The van der Waals surface area contributed by atoms with E-state index in [1.807, 2.05) is 12.1 Å². The van der Waals surface area contributed by atoms with Crippen LogP contribution in [0.4, 0.5) is 5.82 Å². The maximum atomic E-state index is 5.57. The lowest BCUT2D eigenvalue weighted by molar-refractivity contribution is 0.271. The Balaban J connectivity index is 2.57. The minimum Gasteiger partial charge on any atom is -0.489 e. The summed E-state index contributed by atoms with van der Waals surface area (Å²) in [6.45, 7) is 4.86. The molecule has 0 fully saturated rings. The number of pyridine rings is 1. The third kappa shape index (κ3) is 2.42. The highest BCUT2D eigenvalue weighted by Gasteiger charge is 2.00. The van der Waals surface area contributed by atoms with E-state index in [2.05, 4.69) is 18.8 Å². The van der Waals surface area contributed by atoms with Gasteiger partial charge in [-0.3, -0.25) is 0 Å². The molecule has 1 aromatic rings. The van der Waals surface area contributed by atoms with Crippen molar-refractivity contribution in [3.8, 4) is 5.75 Å². The van der Waals surface area contributed by atoms with Gasteiger partial charge in [0.15, 0.2) is 11.6 Å². The highest BCUT2D eigenvalue weighted by Crippen LogP contribution is 2.17. The van der Waals surface area contributed by atoms with E-state index in [1.165, 1.54) is 0 Å². The number of hydrogen-bond acceptors (Lipinski definition) is 3. The van der Waals surface area contributed by atoms with Crippen molar-refractivity contribution in [1.82, 2.24) is 4.98 Å². The summed E-state index contributed by atoms with van der Waals surface area (Å²) in [6, 6.07) is 3.64. The van der Waals surface area contributed by atoms with Gasteiger partial charge in [0.1, 0.15) is 0 Å². The van der Waals surface area contributed by atoms with Crippen molar-refractivity contribution in [2.75, 3.05) is 12.3 Å². The third-order valence-electron chi connectivity index (χ3n) is 1.37. The van der Waals surface area contributed by atoms with Gasteiger partial charge in [0, 0.05) is 6.20 Å². The van der Waals surface area contributed by atoms with Crippen LogP contribution in [0.5, 0.6) is 5.75 Å². The highest BCUT2D eigenvalue weighted by atomic mass is 16.5. The molecule has 2 N–H and O–H groups in total. The van der Waals surface area contributed by atoms with Crippen LogP contribution >= 0.6 is 0 Å². The molecule has 3 nitrogen and oxygen atoms in total. The van der Waals surface area contributed by atoms with Crippen molar-refractivity contribution in [1.29, 1.82) is 0 Å². The van der Waals surface area contributed by atoms with Gasteiger partial charge >= 0.3 is 0 Å². The van der Waals surface area contributed by atoms with E-state index >= 15 is 0 Å². The molecule has 0 amide bonds. The van der Waals surface area contributed by atoms with Crippen LogP contribution < -0.4 is 10.5 Å². The van der Waals surface area contributed by atoms with Crippen molar-refractivity contribution < 1.29 is 4.74 Å². The van der Waals surface area contributed by atoms with Gasteiger partial charge in [-0.05, 0) is 18.1 Å². The van der Waals surface area contributed by atoms with E-state index in [9.17, 15) is 0 Å². The monoisotopic (exact) mass is 166 g/mol. The van der Waals surface area contributed by atoms with E-state index in [4.69, 9.17) is 10.5 Å². The Labute approximate surface area is 72.6 Å². The molecule has 1 heterocycles. The molecule has 66 valence electrons. The maximum absolute atomic E-state index is 5.57. The quantitative estimate of drug-likeness (QED) is 0.743. The average Bonchev–Trinajstić information content (AvgIpc) is 2.03. The molecule has 1 aromatic heterocycles. The molecule has 0 unspecified atom stereocenters. The molecule has 0 saturated carbocycles. The van der Waals surface area contributed by atoms with Gasteiger partial charge in [-0.25, -0.2) is 4.98 Å². The summed E-state index contributed by atoms with van der Waals surface area (Å²) in [4.78, 5) is 3.91. The number of nitrogens with two attached hydrogens (primary N) is 1. The van der Waals surface area contributed by atoms with Crippen LogP contribution in [0.15, 0.2) is 18.3 Å². The van der Waals surface area contributed by atoms with Crippen LogP contribution in [0.1, 0.15) is 13.8 Å². The summed E-state index contributed by atoms with van der Waals surface area (Å²) in [5, 5.41) is 0. The number of nitrogen functional groups attached to an aromatic ring is 1. The van der Waals surface area contributed by atoms with E-state index < -0.39 is 0 Å². The minimum absolute atomic E-state index is 0.457. The molecule has 0 saturated heterocycles. The smallest absolute Gasteiger partial charge is 0.166 e. The Hall–Kier alpha value is -1.25. The maximum Gasteiger partial charge on any atom is 0.166 e. The summed E-state index contributed by atoms with van der Waals surface area (Å²) in [6.07, 6.45) is 1.65. The van der Waals surface area contributed by atoms with Gasteiger partial charge < -0.3 is 10.5 Å². The lowest BCUT2D eigenvalue weighted by atomic mass is 10.2. The molecular formula is C9H14N2O. The summed E-state index contributed by atoms with van der Waals surface area (Å²) in [5.41, 5.74) is 5.57. The average molecular weight is 166 g/mol. The molecule has 0 aliphatic heterocycles. The van der Waals surface area contributed by atoms with Crippen molar-refractivity contribution >= 4 is 5.82 Å². The first-order valence-electron chi connectivity index (χ1n) is 4.03. The zero-order valence-electron chi connectivity index (χ0n) is 7.45. The zero-order chi connectivity index (χ0) is 8.97. The molecule has 0 aliphatic carbocycles. The molecule has 3 heteroatoms. The van der Waals surface area contributed by atoms with E-state index in [0.717, 1.165) is 0 Å². The number of hydrogen-bond donors (Lipinski definition) is 1. The minimum atomic E-state index is 0.457. The molecule has 0 atom stereocenters. The molecule has 0 bridgehead atoms. The highest BCUT2D eigenvalue weighted by molar-refractivity contribution is 5.44. The lowest BCUT2D eigenvalue weighted by Crippen LogP contribution is -2.06. The summed E-state index contributed by atoms with van der Waals surface area (Å²) in [5.74, 6) is 1.63. The van der Waals surface area contributed by atoms with Crippen molar-refractivity contribution in [2.45, 2.75) is 13.8 Å². The summed E-state index contributed by atoms with van der Waals surface area (Å²) >= 11 is 0. The molecule has 12 heavy (non-hydrogen) atoms. The lowest BCUT2D eigenvalue weighted by Gasteiger charge is -2.09. The Morgan fingerprint density at radius 1 is 1.58 bits per heavy atom. The Kier molecular flexibility index (Phi) is 2.91. The predicted molar refractivity (Wildman–Crippen MR) is 49.0 cm³/mol. The summed E-state index contributed by atoms with van der Waals surface area (Å²) in [7, 11) is 0. The van der Waals surface area contributed by atoms with Crippen molar-refractivity contribution in [3.05, 3.63) is 18.3 Å². The van der Waals surface area contributed by atoms with Gasteiger partial charge in [0.25, 0.3) is 0 Å². The molecule has 0 aromatic carbocycles. The Bertz CT molecular complexity index is 248. The van der Waals surface area contributed by atoms with E-state index in [-0.39, 0.29) is 0 Å². The number of nitrogens with zero attached hydrogens (tertiary/aromatic N) is 1. The van der Waals surface area contributed by atoms with Crippen LogP contribution in [0.25, 0.3) is 0 Å². The van der Waals surface area contributed by atoms with Crippen LogP contribution in [0.2, 0.25) is 0 Å². The second-order valence-electron chi connectivity index (χ2n) is 3.09. The fourth-order valence-corrected chi connectivity index (χ4v) is 0.781. The second kappa shape index (κ2) is 3.95.